The van der Waals surface area contributed by atoms with E-state index in [4.69, 9.17) is 23.2 Å². The molecule has 0 spiro atoms. The minimum atomic E-state index is 0.368. The molecule has 5 heteroatoms. The SMILES string of the molecule is Clc1ccc2c(Cc3cccnc3)nnc(Cl)c2c1. The Balaban J connectivity index is 2.12. The second-order valence-electron chi connectivity index (χ2n) is 4.17. The molecule has 0 N–H and O–H groups in total. The maximum Gasteiger partial charge on any atom is 0.159 e. The molecule has 0 radical (unpaired) electrons. The van der Waals surface area contributed by atoms with Crippen LogP contribution < -0.4 is 0 Å². The predicted molar refractivity (Wildman–Crippen MR) is 76.6 cm³/mol. The molecule has 0 aliphatic rings. The smallest absolute Gasteiger partial charge is 0.159 e. The van der Waals surface area contributed by atoms with Gasteiger partial charge in [0.1, 0.15) is 0 Å². The molecule has 0 aliphatic heterocycles. The lowest BCUT2D eigenvalue weighted by molar-refractivity contribution is 0.954. The first-order valence-corrected chi connectivity index (χ1v) is 6.49. The Morgan fingerprint density at radius 3 is 2.68 bits per heavy atom. The number of pyridine rings is 1. The quantitative estimate of drug-likeness (QED) is 0.718. The Kier molecular flexibility index (Phi) is 3.32. The zero-order valence-electron chi connectivity index (χ0n) is 9.85. The van der Waals surface area contributed by atoms with E-state index in [1.165, 1.54) is 0 Å². The summed E-state index contributed by atoms with van der Waals surface area (Å²) in [4.78, 5) is 4.10. The average molecular weight is 290 g/mol. The van der Waals surface area contributed by atoms with E-state index in [1.807, 2.05) is 30.5 Å². The highest BCUT2D eigenvalue weighted by Gasteiger charge is 2.09. The summed E-state index contributed by atoms with van der Waals surface area (Å²) in [6, 6.07) is 9.46. The van der Waals surface area contributed by atoms with Crippen LogP contribution >= 0.6 is 23.2 Å². The van der Waals surface area contributed by atoms with Crippen LogP contribution in [-0.2, 0) is 6.42 Å². The van der Waals surface area contributed by atoms with Gasteiger partial charge in [0.05, 0.1) is 5.69 Å². The average Bonchev–Trinajstić information content (AvgIpc) is 2.43. The van der Waals surface area contributed by atoms with Gasteiger partial charge in [-0.05, 0) is 23.8 Å². The van der Waals surface area contributed by atoms with E-state index in [0.717, 1.165) is 22.0 Å². The highest BCUT2D eigenvalue weighted by atomic mass is 35.5. The zero-order chi connectivity index (χ0) is 13.2. The largest absolute Gasteiger partial charge is 0.264 e. The lowest BCUT2D eigenvalue weighted by Crippen LogP contribution is -1.97. The molecule has 19 heavy (non-hydrogen) atoms. The van der Waals surface area contributed by atoms with Gasteiger partial charge in [-0.3, -0.25) is 4.98 Å². The van der Waals surface area contributed by atoms with Gasteiger partial charge in [0, 0.05) is 34.6 Å². The Bertz CT molecular complexity index is 729. The van der Waals surface area contributed by atoms with Gasteiger partial charge in [0.15, 0.2) is 5.15 Å². The van der Waals surface area contributed by atoms with Gasteiger partial charge >= 0.3 is 0 Å². The van der Waals surface area contributed by atoms with Crippen LogP contribution in [0.3, 0.4) is 0 Å². The molecule has 1 aromatic carbocycles. The van der Waals surface area contributed by atoms with Gasteiger partial charge in [0.25, 0.3) is 0 Å². The molecule has 3 aromatic rings. The van der Waals surface area contributed by atoms with Crippen molar-refractivity contribution < 1.29 is 0 Å². The third-order valence-corrected chi connectivity index (χ3v) is 3.38. The van der Waals surface area contributed by atoms with Crippen molar-refractivity contribution in [1.82, 2.24) is 15.2 Å². The zero-order valence-corrected chi connectivity index (χ0v) is 11.4. The first-order valence-electron chi connectivity index (χ1n) is 5.73. The number of nitrogens with zero attached hydrogens (tertiary/aromatic N) is 3. The normalized spacial score (nSPS) is 10.8. The van der Waals surface area contributed by atoms with Crippen LogP contribution in [0.15, 0.2) is 42.7 Å². The Labute approximate surface area is 120 Å². The van der Waals surface area contributed by atoms with Crippen molar-refractivity contribution in [2.45, 2.75) is 6.42 Å². The van der Waals surface area contributed by atoms with Gasteiger partial charge in [-0.2, -0.15) is 5.10 Å². The molecule has 0 aliphatic carbocycles. The highest BCUT2D eigenvalue weighted by Crippen LogP contribution is 2.27. The monoisotopic (exact) mass is 289 g/mol. The maximum absolute atomic E-state index is 6.06. The van der Waals surface area contributed by atoms with Gasteiger partial charge in [-0.1, -0.05) is 35.3 Å². The molecule has 3 rings (SSSR count). The maximum atomic E-state index is 6.06. The number of halogens is 2. The first kappa shape index (κ1) is 12.3. The van der Waals surface area contributed by atoms with E-state index in [1.54, 1.807) is 12.3 Å². The van der Waals surface area contributed by atoms with Crippen LogP contribution in [0.25, 0.3) is 10.8 Å². The Hall–Kier alpha value is -1.71. The number of rotatable bonds is 2. The van der Waals surface area contributed by atoms with Crippen LogP contribution in [0.4, 0.5) is 0 Å². The van der Waals surface area contributed by atoms with Gasteiger partial charge in [-0.15, -0.1) is 5.10 Å². The standard InChI is InChI=1S/C14H9Cl2N3/c15-10-3-4-11-12(7-10)14(16)19-18-13(11)6-9-2-1-5-17-8-9/h1-5,7-8H,6H2. The van der Waals surface area contributed by atoms with E-state index >= 15 is 0 Å². The molecule has 0 saturated heterocycles. The second-order valence-corrected chi connectivity index (χ2v) is 4.96. The van der Waals surface area contributed by atoms with E-state index in [0.29, 0.717) is 16.6 Å². The van der Waals surface area contributed by atoms with Crippen molar-refractivity contribution in [2.24, 2.45) is 0 Å². The minimum Gasteiger partial charge on any atom is -0.264 e. The lowest BCUT2D eigenvalue weighted by atomic mass is 10.1. The van der Waals surface area contributed by atoms with Gasteiger partial charge in [-0.25, -0.2) is 0 Å². The number of hydrogen-bond donors (Lipinski definition) is 0. The fraction of sp³-hybridized carbons (Fsp3) is 0.0714. The molecule has 94 valence electrons. The molecule has 3 nitrogen and oxygen atoms in total. The fourth-order valence-corrected chi connectivity index (χ4v) is 2.34. The van der Waals surface area contributed by atoms with Crippen molar-refractivity contribution in [3.8, 4) is 0 Å². The van der Waals surface area contributed by atoms with Crippen molar-refractivity contribution in [1.29, 1.82) is 0 Å². The molecule has 2 aromatic heterocycles. The molecule has 0 atom stereocenters. The Morgan fingerprint density at radius 1 is 1.00 bits per heavy atom. The summed E-state index contributed by atoms with van der Waals surface area (Å²) < 4.78 is 0. The van der Waals surface area contributed by atoms with Crippen LogP contribution in [-0.4, -0.2) is 15.2 Å². The summed E-state index contributed by atoms with van der Waals surface area (Å²) >= 11 is 12.0. The van der Waals surface area contributed by atoms with Crippen molar-refractivity contribution >= 4 is 34.0 Å². The first-order chi connectivity index (χ1) is 9.24. The molecule has 0 fully saturated rings. The second kappa shape index (κ2) is 5.11. The molecular weight excluding hydrogens is 281 g/mol. The van der Waals surface area contributed by atoms with Crippen molar-refractivity contribution in [2.75, 3.05) is 0 Å². The molecular formula is C14H9Cl2N3. The fourth-order valence-electron chi connectivity index (χ4n) is 1.98. The van der Waals surface area contributed by atoms with Crippen LogP contribution in [0.1, 0.15) is 11.3 Å². The van der Waals surface area contributed by atoms with Crippen molar-refractivity contribution in [3.05, 3.63) is 64.2 Å². The predicted octanol–water partition coefficient (Wildman–Crippen LogP) is 3.92. The van der Waals surface area contributed by atoms with Gasteiger partial charge < -0.3 is 0 Å². The summed E-state index contributed by atoms with van der Waals surface area (Å²) in [7, 11) is 0. The molecule has 0 saturated carbocycles. The molecule has 2 heterocycles. The third-order valence-electron chi connectivity index (χ3n) is 2.87. The number of aromatic nitrogens is 3. The summed E-state index contributed by atoms with van der Waals surface area (Å²) in [6.45, 7) is 0. The summed E-state index contributed by atoms with van der Waals surface area (Å²) in [5, 5.41) is 10.9. The molecule has 0 bridgehead atoms. The third kappa shape index (κ3) is 2.53. The van der Waals surface area contributed by atoms with Crippen LogP contribution in [0, 0.1) is 0 Å². The number of fused-ring (bicyclic) bond motifs is 1. The summed E-state index contributed by atoms with van der Waals surface area (Å²) in [5.74, 6) is 0. The lowest BCUT2D eigenvalue weighted by Gasteiger charge is -2.06. The summed E-state index contributed by atoms with van der Waals surface area (Å²) in [5.41, 5.74) is 1.94. The van der Waals surface area contributed by atoms with Crippen LogP contribution in [0.5, 0.6) is 0 Å². The minimum absolute atomic E-state index is 0.368. The number of hydrogen-bond acceptors (Lipinski definition) is 3. The number of benzene rings is 1. The van der Waals surface area contributed by atoms with E-state index in [-0.39, 0.29) is 0 Å². The van der Waals surface area contributed by atoms with E-state index < -0.39 is 0 Å². The van der Waals surface area contributed by atoms with Crippen molar-refractivity contribution in [3.63, 3.8) is 0 Å². The van der Waals surface area contributed by atoms with E-state index in [2.05, 4.69) is 15.2 Å². The van der Waals surface area contributed by atoms with E-state index in [9.17, 15) is 0 Å². The Morgan fingerprint density at radius 2 is 1.89 bits per heavy atom. The van der Waals surface area contributed by atoms with Crippen LogP contribution in [0.2, 0.25) is 10.2 Å². The topological polar surface area (TPSA) is 38.7 Å². The molecule has 0 amide bonds. The molecule has 0 unspecified atom stereocenters. The highest BCUT2D eigenvalue weighted by molar-refractivity contribution is 6.35. The summed E-state index contributed by atoms with van der Waals surface area (Å²) in [6.07, 6.45) is 4.23. The van der Waals surface area contributed by atoms with Gasteiger partial charge in [0.2, 0.25) is 0 Å².